The van der Waals surface area contributed by atoms with Crippen LogP contribution in [0.4, 0.5) is 0 Å². The topological polar surface area (TPSA) is 39.1 Å². The minimum Gasteiger partial charge on any atom is -0.314 e. The van der Waals surface area contributed by atoms with Crippen molar-refractivity contribution in [1.82, 2.24) is 10.2 Å². The Kier molecular flexibility index (Phi) is 3.05. The first-order valence-corrected chi connectivity index (χ1v) is 5.65. The van der Waals surface area contributed by atoms with Crippen molar-refractivity contribution in [2.45, 2.75) is 25.8 Å². The van der Waals surface area contributed by atoms with Gasteiger partial charge < -0.3 is 10.2 Å². The third kappa shape index (κ3) is 2.08. The van der Waals surface area contributed by atoms with Gasteiger partial charge in [-0.15, -0.1) is 0 Å². The number of nitrogens with zero attached hydrogens (tertiary/aromatic N) is 2. The predicted octanol–water partition coefficient (Wildman–Crippen LogP) is 0.830. The quantitative estimate of drug-likeness (QED) is 0.706. The Morgan fingerprint density at radius 3 is 3.21 bits per heavy atom. The monoisotopic (exact) mass is 193 g/mol. The first-order chi connectivity index (χ1) is 6.79. The van der Waals surface area contributed by atoms with Crippen LogP contribution in [-0.4, -0.2) is 37.1 Å². The van der Waals surface area contributed by atoms with Gasteiger partial charge in [0.05, 0.1) is 12.0 Å². The first-order valence-electron chi connectivity index (χ1n) is 5.65. The van der Waals surface area contributed by atoms with E-state index in [0.29, 0.717) is 0 Å². The third-order valence-electron chi connectivity index (χ3n) is 3.49. The summed E-state index contributed by atoms with van der Waals surface area (Å²) < 4.78 is 0. The number of likely N-dealkylation sites (tertiary alicyclic amines) is 1. The molecular formula is C11H19N3. The molecule has 2 fully saturated rings. The van der Waals surface area contributed by atoms with Crippen molar-refractivity contribution in [2.24, 2.45) is 11.8 Å². The lowest BCUT2D eigenvalue weighted by Gasteiger charge is -2.35. The van der Waals surface area contributed by atoms with Gasteiger partial charge in [-0.25, -0.2) is 0 Å². The molecule has 2 saturated heterocycles. The second-order valence-electron chi connectivity index (χ2n) is 4.69. The third-order valence-corrected chi connectivity index (χ3v) is 3.49. The average molecular weight is 193 g/mol. The summed E-state index contributed by atoms with van der Waals surface area (Å²) in [7, 11) is 0. The maximum atomic E-state index is 8.76. The molecular weight excluding hydrogens is 174 g/mol. The van der Waals surface area contributed by atoms with Crippen LogP contribution in [0.3, 0.4) is 0 Å². The summed E-state index contributed by atoms with van der Waals surface area (Å²) in [6.45, 7) is 6.53. The minimum absolute atomic E-state index is 0.181. The molecule has 3 heteroatoms. The number of rotatable bonds is 2. The number of hydrogen-bond donors (Lipinski definition) is 1. The minimum atomic E-state index is 0.181. The number of fused-ring (bicyclic) bond motifs is 1. The number of piperidine rings is 1. The molecule has 3 atom stereocenters. The van der Waals surface area contributed by atoms with Crippen LogP contribution in [0.2, 0.25) is 0 Å². The molecule has 3 unspecified atom stereocenters. The van der Waals surface area contributed by atoms with E-state index in [9.17, 15) is 0 Å². The van der Waals surface area contributed by atoms with Gasteiger partial charge in [0.1, 0.15) is 0 Å². The molecule has 0 aromatic carbocycles. The zero-order valence-electron chi connectivity index (χ0n) is 8.87. The number of nitriles is 1. The van der Waals surface area contributed by atoms with E-state index in [1.54, 1.807) is 0 Å². The largest absolute Gasteiger partial charge is 0.314 e. The zero-order chi connectivity index (χ0) is 9.97. The normalized spacial score (nSPS) is 34.9. The van der Waals surface area contributed by atoms with E-state index < -0.39 is 0 Å². The standard InChI is InChI=1S/C11H19N3/c1-9(6-12)7-14-5-3-11-10(8-14)2-4-13-11/h9-11,13H,2-5,7-8H2,1H3. The SMILES string of the molecule is CC(C#N)CN1CCC2NCCC2C1. The van der Waals surface area contributed by atoms with E-state index >= 15 is 0 Å². The van der Waals surface area contributed by atoms with Gasteiger partial charge in [0.2, 0.25) is 0 Å². The molecule has 14 heavy (non-hydrogen) atoms. The molecule has 0 saturated carbocycles. The van der Waals surface area contributed by atoms with Crippen molar-refractivity contribution in [2.75, 3.05) is 26.2 Å². The molecule has 2 heterocycles. The van der Waals surface area contributed by atoms with Gasteiger partial charge in [-0.3, -0.25) is 0 Å². The van der Waals surface area contributed by atoms with Crippen LogP contribution >= 0.6 is 0 Å². The van der Waals surface area contributed by atoms with Crippen molar-refractivity contribution < 1.29 is 0 Å². The summed E-state index contributed by atoms with van der Waals surface area (Å²) in [4.78, 5) is 2.46. The Bertz CT molecular complexity index is 233. The van der Waals surface area contributed by atoms with Crippen LogP contribution in [0, 0.1) is 23.2 Å². The van der Waals surface area contributed by atoms with E-state index in [4.69, 9.17) is 5.26 Å². The fourth-order valence-electron chi connectivity index (χ4n) is 2.72. The zero-order valence-corrected chi connectivity index (χ0v) is 8.87. The Morgan fingerprint density at radius 2 is 2.43 bits per heavy atom. The van der Waals surface area contributed by atoms with E-state index in [1.165, 1.54) is 32.5 Å². The molecule has 0 bridgehead atoms. The smallest absolute Gasteiger partial charge is 0.0666 e. The molecule has 78 valence electrons. The first kappa shape index (κ1) is 9.95. The van der Waals surface area contributed by atoms with Gasteiger partial charge >= 0.3 is 0 Å². The Labute approximate surface area is 86.1 Å². The van der Waals surface area contributed by atoms with Crippen LogP contribution < -0.4 is 5.32 Å². The summed E-state index contributed by atoms with van der Waals surface area (Å²) in [6.07, 6.45) is 2.59. The highest BCUT2D eigenvalue weighted by molar-refractivity contribution is 4.92. The number of hydrogen-bond acceptors (Lipinski definition) is 3. The molecule has 0 amide bonds. The van der Waals surface area contributed by atoms with Crippen LogP contribution in [0.5, 0.6) is 0 Å². The van der Waals surface area contributed by atoms with Crippen molar-refractivity contribution in [3.05, 3.63) is 0 Å². The summed E-state index contributed by atoms with van der Waals surface area (Å²) in [5.41, 5.74) is 0. The van der Waals surface area contributed by atoms with Crippen molar-refractivity contribution in [1.29, 1.82) is 5.26 Å². The summed E-state index contributed by atoms with van der Waals surface area (Å²) in [6, 6.07) is 3.08. The van der Waals surface area contributed by atoms with Gasteiger partial charge in [0.15, 0.2) is 0 Å². The highest BCUT2D eigenvalue weighted by atomic mass is 15.2. The van der Waals surface area contributed by atoms with Crippen LogP contribution in [0.25, 0.3) is 0 Å². The summed E-state index contributed by atoms with van der Waals surface area (Å²) in [5, 5.41) is 12.3. The Balaban J connectivity index is 1.83. The lowest BCUT2D eigenvalue weighted by molar-refractivity contribution is 0.153. The van der Waals surface area contributed by atoms with Crippen LogP contribution in [-0.2, 0) is 0 Å². The molecule has 2 aliphatic rings. The highest BCUT2D eigenvalue weighted by Gasteiger charge is 2.32. The lowest BCUT2D eigenvalue weighted by Crippen LogP contribution is -2.45. The fraction of sp³-hybridized carbons (Fsp3) is 0.909. The van der Waals surface area contributed by atoms with Crippen LogP contribution in [0.1, 0.15) is 19.8 Å². The summed E-state index contributed by atoms with van der Waals surface area (Å²) in [5.74, 6) is 1.02. The Morgan fingerprint density at radius 1 is 1.57 bits per heavy atom. The average Bonchev–Trinajstić information content (AvgIpc) is 2.64. The van der Waals surface area contributed by atoms with Gasteiger partial charge in [-0.2, -0.15) is 5.26 Å². The number of nitrogens with one attached hydrogen (secondary N) is 1. The van der Waals surface area contributed by atoms with Crippen LogP contribution in [0.15, 0.2) is 0 Å². The fourth-order valence-corrected chi connectivity index (χ4v) is 2.72. The molecule has 0 radical (unpaired) electrons. The van der Waals surface area contributed by atoms with E-state index in [0.717, 1.165) is 18.5 Å². The van der Waals surface area contributed by atoms with E-state index in [-0.39, 0.29) is 5.92 Å². The second-order valence-corrected chi connectivity index (χ2v) is 4.69. The van der Waals surface area contributed by atoms with E-state index in [2.05, 4.69) is 16.3 Å². The molecule has 2 aliphatic heterocycles. The van der Waals surface area contributed by atoms with Crippen molar-refractivity contribution in [3.8, 4) is 6.07 Å². The molecule has 3 nitrogen and oxygen atoms in total. The predicted molar refractivity (Wildman–Crippen MR) is 55.7 cm³/mol. The van der Waals surface area contributed by atoms with Gasteiger partial charge in [0.25, 0.3) is 0 Å². The molecule has 1 N–H and O–H groups in total. The van der Waals surface area contributed by atoms with Gasteiger partial charge in [-0.05, 0) is 38.8 Å². The molecule has 0 aromatic rings. The molecule has 0 aliphatic carbocycles. The second kappa shape index (κ2) is 4.29. The summed E-state index contributed by atoms with van der Waals surface area (Å²) >= 11 is 0. The lowest BCUT2D eigenvalue weighted by atomic mass is 9.93. The van der Waals surface area contributed by atoms with Crippen molar-refractivity contribution >= 4 is 0 Å². The highest BCUT2D eigenvalue weighted by Crippen LogP contribution is 2.24. The molecule has 0 spiro atoms. The van der Waals surface area contributed by atoms with Gasteiger partial charge in [0, 0.05) is 19.1 Å². The Hall–Kier alpha value is -0.590. The van der Waals surface area contributed by atoms with Crippen molar-refractivity contribution in [3.63, 3.8) is 0 Å². The van der Waals surface area contributed by atoms with Gasteiger partial charge in [-0.1, -0.05) is 0 Å². The molecule has 2 rings (SSSR count). The van der Waals surface area contributed by atoms with E-state index in [1.807, 2.05) is 6.92 Å². The maximum absolute atomic E-state index is 8.76. The maximum Gasteiger partial charge on any atom is 0.0666 e. The molecule has 0 aromatic heterocycles.